The molecule has 1 heterocycles. The molecule has 0 N–H and O–H groups in total. The Labute approximate surface area is 168 Å². The van der Waals surface area contributed by atoms with E-state index < -0.39 is 0 Å². The van der Waals surface area contributed by atoms with Gasteiger partial charge in [0.2, 0.25) is 5.78 Å². The molecular weight excluding hydrogens is 371 g/mol. The lowest BCUT2D eigenvalue weighted by Gasteiger charge is -2.09. The molecule has 0 saturated heterocycles. The number of allylic oxidation sites excluding steroid dienone is 1. The van der Waals surface area contributed by atoms with Crippen molar-refractivity contribution in [2.24, 2.45) is 0 Å². The van der Waals surface area contributed by atoms with Crippen LogP contribution in [0.15, 0.2) is 66.4 Å². The van der Waals surface area contributed by atoms with Gasteiger partial charge < -0.3 is 14.2 Å². The molecule has 3 aromatic carbocycles. The standard InChI is InChI=1S/C24H19FO4/c1-15-10-20(28-14-16-6-8-19(27-2)9-7-16)13-21-23(15)24(26)22(29-21)12-17-4-3-5-18(25)11-17/h3-13H,14H2,1-2H3/b22-12-. The molecule has 0 bridgehead atoms. The summed E-state index contributed by atoms with van der Waals surface area (Å²) in [7, 11) is 1.62. The summed E-state index contributed by atoms with van der Waals surface area (Å²) in [5.41, 5.74) is 2.83. The number of benzene rings is 3. The number of fused-ring (bicyclic) bond motifs is 1. The van der Waals surface area contributed by atoms with Crippen molar-refractivity contribution in [2.75, 3.05) is 7.11 Å². The van der Waals surface area contributed by atoms with Crippen LogP contribution in [0.5, 0.6) is 17.2 Å². The van der Waals surface area contributed by atoms with E-state index in [1.165, 1.54) is 12.1 Å². The van der Waals surface area contributed by atoms with Crippen LogP contribution < -0.4 is 14.2 Å². The number of aryl methyl sites for hydroxylation is 1. The average molecular weight is 390 g/mol. The first kappa shape index (κ1) is 18.7. The van der Waals surface area contributed by atoms with Crippen molar-refractivity contribution in [3.63, 3.8) is 0 Å². The smallest absolute Gasteiger partial charge is 0.232 e. The van der Waals surface area contributed by atoms with Gasteiger partial charge in [0, 0.05) is 6.07 Å². The molecule has 0 amide bonds. The lowest BCUT2D eigenvalue weighted by Crippen LogP contribution is -2.00. The second kappa shape index (κ2) is 7.80. The molecule has 0 aliphatic carbocycles. The van der Waals surface area contributed by atoms with Gasteiger partial charge in [-0.15, -0.1) is 0 Å². The van der Waals surface area contributed by atoms with Crippen LogP contribution in [-0.2, 0) is 6.61 Å². The Bertz CT molecular complexity index is 1100. The number of carbonyl (C=O) groups excluding carboxylic acids is 1. The van der Waals surface area contributed by atoms with Crippen LogP contribution in [0.1, 0.15) is 27.0 Å². The Balaban J connectivity index is 1.54. The maximum Gasteiger partial charge on any atom is 0.232 e. The van der Waals surface area contributed by atoms with Gasteiger partial charge in [-0.1, -0.05) is 24.3 Å². The number of ketones is 1. The summed E-state index contributed by atoms with van der Waals surface area (Å²) in [6.45, 7) is 2.22. The fourth-order valence-electron chi connectivity index (χ4n) is 3.20. The number of hydrogen-bond acceptors (Lipinski definition) is 4. The minimum Gasteiger partial charge on any atom is -0.497 e. The molecule has 0 atom stereocenters. The summed E-state index contributed by atoms with van der Waals surface area (Å²) in [6.07, 6.45) is 1.54. The molecule has 0 aromatic heterocycles. The van der Waals surface area contributed by atoms with Gasteiger partial charge in [-0.25, -0.2) is 4.39 Å². The van der Waals surface area contributed by atoms with Gasteiger partial charge in [0.25, 0.3) is 0 Å². The van der Waals surface area contributed by atoms with Gasteiger partial charge in [0.05, 0.1) is 12.7 Å². The number of rotatable bonds is 5. The average Bonchev–Trinajstić information content (AvgIpc) is 3.02. The molecule has 4 rings (SSSR count). The van der Waals surface area contributed by atoms with Crippen LogP contribution in [0.4, 0.5) is 4.39 Å². The van der Waals surface area contributed by atoms with Crippen LogP contribution >= 0.6 is 0 Å². The topological polar surface area (TPSA) is 44.8 Å². The van der Waals surface area contributed by atoms with Crippen LogP contribution in [0.2, 0.25) is 0 Å². The summed E-state index contributed by atoms with van der Waals surface area (Å²) in [5.74, 6) is 1.42. The van der Waals surface area contributed by atoms with Crippen molar-refractivity contribution in [1.29, 1.82) is 0 Å². The first-order valence-electron chi connectivity index (χ1n) is 9.13. The normalized spacial score (nSPS) is 13.9. The van der Waals surface area contributed by atoms with E-state index in [1.54, 1.807) is 31.4 Å². The second-order valence-electron chi connectivity index (χ2n) is 6.74. The fourth-order valence-corrected chi connectivity index (χ4v) is 3.20. The Morgan fingerprint density at radius 3 is 2.55 bits per heavy atom. The van der Waals surface area contributed by atoms with Crippen molar-refractivity contribution < 1.29 is 23.4 Å². The van der Waals surface area contributed by atoms with Crippen LogP contribution in [-0.4, -0.2) is 12.9 Å². The summed E-state index contributed by atoms with van der Waals surface area (Å²) >= 11 is 0. The Morgan fingerprint density at radius 2 is 1.83 bits per heavy atom. The molecule has 3 aromatic rings. The minimum atomic E-state index is -0.368. The van der Waals surface area contributed by atoms with Crippen LogP contribution in [0.3, 0.4) is 0 Å². The minimum absolute atomic E-state index is 0.168. The van der Waals surface area contributed by atoms with E-state index in [0.29, 0.717) is 29.2 Å². The van der Waals surface area contributed by atoms with E-state index in [4.69, 9.17) is 14.2 Å². The summed E-state index contributed by atoms with van der Waals surface area (Å²) in [4.78, 5) is 12.7. The fraction of sp³-hybridized carbons (Fsp3) is 0.125. The summed E-state index contributed by atoms with van der Waals surface area (Å²) < 4.78 is 30.2. The molecule has 5 heteroatoms. The van der Waals surface area contributed by atoms with Crippen LogP contribution in [0.25, 0.3) is 6.08 Å². The number of halogens is 1. The highest BCUT2D eigenvalue weighted by Gasteiger charge is 2.30. The third kappa shape index (κ3) is 3.99. The van der Waals surface area contributed by atoms with Gasteiger partial charge in [-0.2, -0.15) is 0 Å². The molecule has 29 heavy (non-hydrogen) atoms. The zero-order chi connectivity index (χ0) is 20.4. The van der Waals surface area contributed by atoms with Crippen LogP contribution in [0, 0.1) is 12.7 Å². The molecule has 0 fully saturated rings. The second-order valence-corrected chi connectivity index (χ2v) is 6.74. The highest BCUT2D eigenvalue weighted by atomic mass is 19.1. The number of Topliss-reactive ketones (excluding diaryl/α,β-unsaturated/α-hetero) is 1. The molecule has 4 nitrogen and oxygen atoms in total. The van der Waals surface area contributed by atoms with Crippen molar-refractivity contribution in [3.8, 4) is 17.2 Å². The Kier molecular flexibility index (Phi) is 5.04. The van der Waals surface area contributed by atoms with Gasteiger partial charge in [0.15, 0.2) is 5.76 Å². The van der Waals surface area contributed by atoms with E-state index in [0.717, 1.165) is 16.9 Å². The Morgan fingerprint density at radius 1 is 1.03 bits per heavy atom. The highest BCUT2D eigenvalue weighted by molar-refractivity contribution is 6.15. The zero-order valence-electron chi connectivity index (χ0n) is 16.1. The predicted molar refractivity (Wildman–Crippen MR) is 108 cm³/mol. The van der Waals surface area contributed by atoms with E-state index in [1.807, 2.05) is 37.3 Å². The van der Waals surface area contributed by atoms with Gasteiger partial charge in [0.1, 0.15) is 29.7 Å². The molecule has 1 aliphatic heterocycles. The van der Waals surface area contributed by atoms with Crippen molar-refractivity contribution >= 4 is 11.9 Å². The molecule has 0 unspecified atom stereocenters. The van der Waals surface area contributed by atoms with Gasteiger partial charge >= 0.3 is 0 Å². The number of carbonyl (C=O) groups is 1. The van der Waals surface area contributed by atoms with Crippen molar-refractivity contribution in [2.45, 2.75) is 13.5 Å². The van der Waals surface area contributed by atoms with E-state index >= 15 is 0 Å². The molecule has 0 saturated carbocycles. The maximum atomic E-state index is 13.4. The SMILES string of the molecule is COc1ccc(COc2cc(C)c3c(c2)O/C(=C\c2cccc(F)c2)C3=O)cc1. The molecule has 0 radical (unpaired) electrons. The third-order valence-electron chi connectivity index (χ3n) is 4.65. The monoisotopic (exact) mass is 390 g/mol. The lowest BCUT2D eigenvalue weighted by atomic mass is 10.0. The first-order chi connectivity index (χ1) is 14.0. The van der Waals surface area contributed by atoms with E-state index in [2.05, 4.69) is 0 Å². The number of hydrogen-bond donors (Lipinski definition) is 0. The van der Waals surface area contributed by atoms with Crippen molar-refractivity contribution in [1.82, 2.24) is 0 Å². The largest absolute Gasteiger partial charge is 0.497 e. The molecule has 146 valence electrons. The summed E-state index contributed by atoms with van der Waals surface area (Å²) in [6, 6.07) is 17.1. The summed E-state index contributed by atoms with van der Waals surface area (Å²) in [5, 5.41) is 0. The van der Waals surface area contributed by atoms with E-state index in [-0.39, 0.29) is 17.4 Å². The van der Waals surface area contributed by atoms with Crippen molar-refractivity contribution in [3.05, 3.63) is 94.5 Å². The molecule has 0 spiro atoms. The predicted octanol–water partition coefficient (Wildman–Crippen LogP) is 5.34. The zero-order valence-corrected chi connectivity index (χ0v) is 16.1. The lowest BCUT2D eigenvalue weighted by molar-refractivity contribution is 0.101. The highest BCUT2D eigenvalue weighted by Crippen LogP contribution is 2.37. The molecule has 1 aliphatic rings. The third-order valence-corrected chi connectivity index (χ3v) is 4.65. The first-order valence-corrected chi connectivity index (χ1v) is 9.13. The van der Waals surface area contributed by atoms with E-state index in [9.17, 15) is 9.18 Å². The Hall–Kier alpha value is -3.60. The molecular formula is C24H19FO4. The number of methoxy groups -OCH3 is 1. The van der Waals surface area contributed by atoms with Gasteiger partial charge in [-0.05, 0) is 60.0 Å². The quantitative estimate of drug-likeness (QED) is 0.552. The maximum absolute atomic E-state index is 13.4. The van der Waals surface area contributed by atoms with Gasteiger partial charge in [-0.3, -0.25) is 4.79 Å². The number of ether oxygens (including phenoxy) is 3.